The van der Waals surface area contributed by atoms with Gasteiger partial charge >= 0.3 is 0 Å². The summed E-state index contributed by atoms with van der Waals surface area (Å²) in [6.07, 6.45) is 7.89. The topological polar surface area (TPSA) is 24.5 Å². The summed E-state index contributed by atoms with van der Waals surface area (Å²) in [6, 6.07) is 0. The van der Waals surface area contributed by atoms with E-state index in [9.17, 15) is 0 Å². The van der Waals surface area contributed by atoms with Gasteiger partial charge in [0.2, 0.25) is 0 Å². The molecular weight excluding hydrogens is 236 g/mol. The Hall–Kier alpha value is -0.120. The first kappa shape index (κ1) is 15.3. The van der Waals surface area contributed by atoms with Crippen LogP contribution in [0.25, 0.3) is 0 Å². The van der Waals surface area contributed by atoms with Gasteiger partial charge in [0, 0.05) is 20.2 Å². The number of piperidine rings is 2. The molecule has 3 nitrogen and oxygen atoms in total. The second-order valence-corrected chi connectivity index (χ2v) is 6.97. The number of ether oxygens (including phenoxy) is 1. The largest absolute Gasteiger partial charge is 0.377 e. The molecule has 0 bridgehead atoms. The minimum absolute atomic E-state index is 0.0819. The van der Waals surface area contributed by atoms with Crippen LogP contribution < -0.4 is 5.32 Å². The van der Waals surface area contributed by atoms with E-state index < -0.39 is 0 Å². The lowest BCUT2D eigenvalue weighted by molar-refractivity contribution is -0.0623. The minimum Gasteiger partial charge on any atom is -0.377 e. The van der Waals surface area contributed by atoms with Crippen LogP contribution >= 0.6 is 0 Å². The Labute approximate surface area is 119 Å². The van der Waals surface area contributed by atoms with Crippen molar-refractivity contribution in [3.63, 3.8) is 0 Å². The maximum Gasteiger partial charge on any atom is 0.0777 e. The summed E-state index contributed by atoms with van der Waals surface area (Å²) in [7, 11) is 1.87. The third-order valence-electron chi connectivity index (χ3n) is 5.23. The van der Waals surface area contributed by atoms with Crippen molar-refractivity contribution in [1.29, 1.82) is 0 Å². The lowest BCUT2D eigenvalue weighted by atomic mass is 9.74. The standard InChI is InChI=1S/C16H32N2O/c1-4-6-16(8-10-17-11-9-16)14-18-12-5-7-15(2,13-18)19-3/h17H,4-14H2,1-3H3. The predicted octanol–water partition coefficient (Wildman–Crippen LogP) is 2.66. The zero-order chi connectivity index (χ0) is 13.8. The molecule has 0 spiro atoms. The zero-order valence-corrected chi connectivity index (χ0v) is 13.1. The molecule has 19 heavy (non-hydrogen) atoms. The van der Waals surface area contributed by atoms with E-state index in [1.54, 1.807) is 0 Å². The van der Waals surface area contributed by atoms with E-state index in [1.807, 2.05) is 7.11 Å². The highest BCUT2D eigenvalue weighted by Gasteiger charge is 2.37. The first-order valence-electron chi connectivity index (χ1n) is 8.10. The summed E-state index contributed by atoms with van der Waals surface area (Å²) in [4.78, 5) is 2.67. The Morgan fingerprint density at radius 3 is 2.58 bits per heavy atom. The molecule has 1 atom stereocenters. The number of methoxy groups -OCH3 is 1. The molecule has 3 heteroatoms. The molecule has 112 valence electrons. The predicted molar refractivity (Wildman–Crippen MR) is 80.5 cm³/mol. The van der Waals surface area contributed by atoms with Crippen molar-refractivity contribution in [1.82, 2.24) is 10.2 Å². The van der Waals surface area contributed by atoms with Gasteiger partial charge in [-0.05, 0) is 64.1 Å². The van der Waals surface area contributed by atoms with Crippen molar-refractivity contribution in [3.05, 3.63) is 0 Å². The van der Waals surface area contributed by atoms with Crippen molar-refractivity contribution in [2.24, 2.45) is 5.41 Å². The lowest BCUT2D eigenvalue weighted by Crippen LogP contribution is -2.52. The van der Waals surface area contributed by atoms with Crippen LogP contribution in [0.5, 0.6) is 0 Å². The molecule has 2 aliphatic rings. The first-order valence-corrected chi connectivity index (χ1v) is 8.10. The Morgan fingerprint density at radius 1 is 1.21 bits per heavy atom. The fourth-order valence-corrected chi connectivity index (χ4v) is 4.06. The lowest BCUT2D eigenvalue weighted by Gasteiger charge is -2.46. The van der Waals surface area contributed by atoms with Gasteiger partial charge in [0.25, 0.3) is 0 Å². The van der Waals surface area contributed by atoms with Crippen molar-refractivity contribution < 1.29 is 4.74 Å². The van der Waals surface area contributed by atoms with E-state index in [1.165, 1.54) is 64.7 Å². The van der Waals surface area contributed by atoms with E-state index in [4.69, 9.17) is 4.74 Å². The van der Waals surface area contributed by atoms with Crippen LogP contribution in [0.4, 0.5) is 0 Å². The number of nitrogens with one attached hydrogen (secondary N) is 1. The molecular formula is C16H32N2O. The first-order chi connectivity index (χ1) is 9.11. The Balaban J connectivity index is 1.96. The van der Waals surface area contributed by atoms with Crippen molar-refractivity contribution in [2.75, 3.05) is 39.8 Å². The molecule has 2 saturated heterocycles. The van der Waals surface area contributed by atoms with Gasteiger partial charge in [-0.1, -0.05) is 13.3 Å². The van der Waals surface area contributed by atoms with E-state index >= 15 is 0 Å². The Morgan fingerprint density at radius 2 is 1.95 bits per heavy atom. The summed E-state index contributed by atoms with van der Waals surface area (Å²) in [6.45, 7) is 10.7. The summed E-state index contributed by atoms with van der Waals surface area (Å²) >= 11 is 0. The fraction of sp³-hybridized carbons (Fsp3) is 1.00. The van der Waals surface area contributed by atoms with E-state index in [0.29, 0.717) is 5.41 Å². The maximum absolute atomic E-state index is 5.74. The number of hydrogen-bond donors (Lipinski definition) is 1. The fourth-order valence-electron chi connectivity index (χ4n) is 4.06. The molecule has 0 saturated carbocycles. The number of nitrogens with zero attached hydrogens (tertiary/aromatic N) is 1. The SMILES string of the molecule is CCCC1(CN2CCCC(C)(OC)C2)CCNCC1. The van der Waals surface area contributed by atoms with Gasteiger partial charge in [-0.2, -0.15) is 0 Å². The minimum atomic E-state index is 0.0819. The number of rotatable bonds is 5. The molecule has 1 N–H and O–H groups in total. The Kier molecular flexibility index (Phi) is 5.27. The maximum atomic E-state index is 5.74. The molecule has 2 aliphatic heterocycles. The Bertz CT molecular complexity index is 270. The van der Waals surface area contributed by atoms with Crippen LogP contribution in [-0.4, -0.2) is 50.3 Å². The average molecular weight is 268 g/mol. The summed E-state index contributed by atoms with van der Waals surface area (Å²) in [5, 5.41) is 3.52. The molecule has 2 heterocycles. The van der Waals surface area contributed by atoms with Gasteiger partial charge in [-0.25, -0.2) is 0 Å². The molecule has 0 aromatic heterocycles. The van der Waals surface area contributed by atoms with Crippen LogP contribution in [-0.2, 0) is 4.74 Å². The van der Waals surface area contributed by atoms with Gasteiger partial charge in [0.15, 0.2) is 0 Å². The summed E-state index contributed by atoms with van der Waals surface area (Å²) in [5.41, 5.74) is 0.643. The van der Waals surface area contributed by atoms with Crippen LogP contribution in [0.1, 0.15) is 52.4 Å². The molecule has 0 aromatic carbocycles. The summed E-state index contributed by atoms with van der Waals surface area (Å²) < 4.78 is 5.74. The third kappa shape index (κ3) is 3.93. The van der Waals surface area contributed by atoms with Crippen molar-refractivity contribution >= 4 is 0 Å². The quantitative estimate of drug-likeness (QED) is 0.829. The van der Waals surface area contributed by atoms with Crippen molar-refractivity contribution in [3.8, 4) is 0 Å². The van der Waals surface area contributed by atoms with Crippen LogP contribution in [0.15, 0.2) is 0 Å². The monoisotopic (exact) mass is 268 g/mol. The van der Waals surface area contributed by atoms with Crippen molar-refractivity contribution in [2.45, 2.75) is 58.0 Å². The van der Waals surface area contributed by atoms with Crippen LogP contribution in [0.2, 0.25) is 0 Å². The number of likely N-dealkylation sites (tertiary alicyclic amines) is 1. The zero-order valence-electron chi connectivity index (χ0n) is 13.1. The second kappa shape index (κ2) is 6.55. The molecule has 0 aromatic rings. The van der Waals surface area contributed by atoms with Gasteiger partial charge in [0.05, 0.1) is 5.60 Å². The van der Waals surface area contributed by atoms with E-state index in [-0.39, 0.29) is 5.60 Å². The normalized spacial score (nSPS) is 32.4. The highest BCUT2D eigenvalue weighted by molar-refractivity contribution is 4.91. The van der Waals surface area contributed by atoms with Gasteiger partial charge in [0.1, 0.15) is 0 Å². The smallest absolute Gasteiger partial charge is 0.0777 e. The molecule has 0 radical (unpaired) electrons. The highest BCUT2D eigenvalue weighted by atomic mass is 16.5. The van der Waals surface area contributed by atoms with Crippen LogP contribution in [0, 0.1) is 5.41 Å². The molecule has 2 rings (SSSR count). The molecule has 0 aliphatic carbocycles. The van der Waals surface area contributed by atoms with E-state index in [2.05, 4.69) is 24.1 Å². The molecule has 2 fully saturated rings. The van der Waals surface area contributed by atoms with E-state index in [0.717, 1.165) is 6.54 Å². The summed E-state index contributed by atoms with van der Waals surface area (Å²) in [5.74, 6) is 0. The van der Waals surface area contributed by atoms with Gasteiger partial charge < -0.3 is 10.1 Å². The second-order valence-electron chi connectivity index (χ2n) is 6.97. The van der Waals surface area contributed by atoms with Crippen LogP contribution in [0.3, 0.4) is 0 Å². The molecule has 1 unspecified atom stereocenters. The highest BCUT2D eigenvalue weighted by Crippen LogP contribution is 2.36. The van der Waals surface area contributed by atoms with Gasteiger partial charge in [-0.3, -0.25) is 4.90 Å². The number of hydrogen-bond acceptors (Lipinski definition) is 3. The average Bonchev–Trinajstić information content (AvgIpc) is 2.40. The molecule has 0 amide bonds. The third-order valence-corrected chi connectivity index (χ3v) is 5.23. The van der Waals surface area contributed by atoms with Gasteiger partial charge in [-0.15, -0.1) is 0 Å².